The Morgan fingerprint density at radius 3 is 1.18 bits per heavy atom. The number of aliphatic imine (C=N–C) groups is 1. The second-order valence-electron chi connectivity index (χ2n) is 4.03. The van der Waals surface area contributed by atoms with E-state index >= 15 is 0 Å². The average Bonchev–Trinajstić information content (AvgIpc) is 2.31. The summed E-state index contributed by atoms with van der Waals surface area (Å²) in [6, 6.07) is 0.736. The van der Waals surface area contributed by atoms with E-state index < -0.39 is 0 Å². The summed E-state index contributed by atoms with van der Waals surface area (Å²) in [5, 5.41) is 14.6. The molecule has 9 heteroatoms. The summed E-state index contributed by atoms with van der Waals surface area (Å²) < 4.78 is 0. The first-order chi connectivity index (χ1) is 9.78. The second kappa shape index (κ2) is 49.9. The van der Waals surface area contributed by atoms with Crippen molar-refractivity contribution in [1.82, 2.24) is 0 Å². The van der Waals surface area contributed by atoms with Crippen LogP contribution in [0.5, 0.6) is 0 Å². The van der Waals surface area contributed by atoms with Gasteiger partial charge in [0.1, 0.15) is 0 Å². The van der Waals surface area contributed by atoms with E-state index in [-0.39, 0.29) is 22.4 Å². The van der Waals surface area contributed by atoms with Gasteiger partial charge in [0.25, 0.3) is 0 Å². The van der Waals surface area contributed by atoms with Gasteiger partial charge in [-0.25, -0.2) is 0 Å². The fraction of sp³-hybridized carbons (Fsp3) is 0.923. The molecular weight excluding hydrogens is 449 g/mol. The zero-order valence-electron chi connectivity index (χ0n) is 15.8. The molecule has 0 aliphatic heterocycles. The molecule has 0 saturated heterocycles. The third-order valence-electron chi connectivity index (χ3n) is 0.730. The fourth-order valence-corrected chi connectivity index (χ4v) is 0.305. The summed E-state index contributed by atoms with van der Waals surface area (Å²) in [7, 11) is 10.5. The Bertz CT molecular complexity index is 188. The molecule has 0 aliphatic carbocycles. The summed E-state index contributed by atoms with van der Waals surface area (Å²) in [6.45, 7) is 8.14. The van der Waals surface area contributed by atoms with Crippen molar-refractivity contribution in [3.63, 3.8) is 0 Å². The Morgan fingerprint density at radius 2 is 1.05 bits per heavy atom. The predicted molar refractivity (Wildman–Crippen MR) is 97.8 cm³/mol. The Hall–Kier alpha value is -0.600. The summed E-state index contributed by atoms with van der Waals surface area (Å²) >= 11 is 0. The first-order valence-electron chi connectivity index (χ1n) is 6.43. The monoisotopic (exact) mass is 482 g/mol. The Balaban J connectivity index is -0.0000000415. The van der Waals surface area contributed by atoms with Crippen molar-refractivity contribution >= 4 is 6.34 Å². The first-order valence-corrected chi connectivity index (χ1v) is 6.43. The van der Waals surface area contributed by atoms with E-state index in [0.29, 0.717) is 12.1 Å². The van der Waals surface area contributed by atoms with Crippen molar-refractivity contribution < 1.29 is 22.4 Å². The van der Waals surface area contributed by atoms with E-state index in [4.69, 9.17) is 11.1 Å². The molecule has 0 radical (unpaired) electrons. The van der Waals surface area contributed by atoms with Gasteiger partial charge >= 0.3 is 22.4 Å². The van der Waals surface area contributed by atoms with E-state index in [2.05, 4.69) is 26.3 Å². The molecule has 0 aromatic carbocycles. The van der Waals surface area contributed by atoms with Crippen LogP contribution in [0.15, 0.2) is 4.99 Å². The topological polar surface area (TPSA) is 127 Å². The van der Waals surface area contributed by atoms with E-state index in [1.54, 1.807) is 48.6 Å². The Labute approximate surface area is 153 Å². The van der Waals surface area contributed by atoms with Crippen LogP contribution in [0, 0.1) is 0 Å². The van der Waals surface area contributed by atoms with Crippen LogP contribution in [0.2, 0.25) is 0 Å². The van der Waals surface area contributed by atoms with E-state index in [1.807, 2.05) is 27.7 Å². The van der Waals surface area contributed by atoms with Gasteiger partial charge in [0.2, 0.25) is 0 Å². The molecule has 0 aliphatic rings. The van der Waals surface area contributed by atoms with Crippen LogP contribution in [0.25, 0.3) is 37.2 Å². The van der Waals surface area contributed by atoms with Crippen LogP contribution in [0.1, 0.15) is 27.7 Å². The third kappa shape index (κ3) is 225. The molecule has 0 aromatic rings. The molecule has 0 rings (SSSR count). The zero-order chi connectivity index (χ0) is 18.1. The summed E-state index contributed by atoms with van der Waals surface area (Å²) in [5.41, 5.74) is 13.5. The summed E-state index contributed by atoms with van der Waals surface area (Å²) in [6.07, 6.45) is 1.65. The van der Waals surface area contributed by atoms with Crippen LogP contribution in [0.4, 0.5) is 0 Å². The molecule has 0 unspecified atom stereocenters. The van der Waals surface area contributed by atoms with Crippen molar-refractivity contribution in [2.24, 2.45) is 4.99 Å². The summed E-state index contributed by atoms with van der Waals surface area (Å²) in [4.78, 5) is 5.57. The molecule has 0 heterocycles. The van der Waals surface area contributed by atoms with E-state index in [1.165, 1.54) is 4.91 Å². The van der Waals surface area contributed by atoms with Crippen molar-refractivity contribution in [3.05, 3.63) is 37.2 Å². The molecule has 0 aromatic heterocycles. The number of hydrogen-bond acceptors (Lipinski definition) is 1. The number of rotatable bonds is 3. The standard InChI is InChI=1S/C7H15N2.3C2H6N.N3.Ta/c1-6(2)8-5-9-7(3)4;4*1-3-2;/h5-7H,1-4H3;3*1-2H3;;/q5*-1;+5. The molecule has 0 atom stereocenters. The second-order valence-corrected chi connectivity index (χ2v) is 4.03. The molecule has 0 saturated carbocycles. The maximum atomic E-state index is 6.75. The van der Waals surface area contributed by atoms with Gasteiger partial charge in [-0.05, 0) is 12.1 Å². The van der Waals surface area contributed by atoms with Crippen molar-refractivity contribution in [2.45, 2.75) is 39.8 Å². The normalized spacial score (nSPS) is 7.64. The maximum absolute atomic E-state index is 6.75. The Morgan fingerprint density at radius 1 is 0.818 bits per heavy atom. The van der Waals surface area contributed by atoms with Crippen molar-refractivity contribution in [1.29, 1.82) is 0 Å². The van der Waals surface area contributed by atoms with Gasteiger partial charge in [-0.15, -0.1) is 6.34 Å². The molecule has 8 nitrogen and oxygen atoms in total. The van der Waals surface area contributed by atoms with E-state index in [0.717, 1.165) is 0 Å². The first kappa shape index (κ1) is 37.6. The zero-order valence-corrected chi connectivity index (χ0v) is 19.0. The minimum absolute atomic E-state index is 0. The minimum Gasteiger partial charge on any atom is -0.668 e. The largest absolute Gasteiger partial charge is 5.00 e. The average molecular weight is 482 g/mol. The van der Waals surface area contributed by atoms with Gasteiger partial charge in [-0.3, -0.25) is 4.91 Å². The Kier molecular flexibility index (Phi) is 85.2. The van der Waals surface area contributed by atoms with Gasteiger partial charge in [0, 0.05) is 0 Å². The van der Waals surface area contributed by atoms with Gasteiger partial charge in [-0.1, -0.05) is 27.7 Å². The third-order valence-corrected chi connectivity index (χ3v) is 0.730. The van der Waals surface area contributed by atoms with E-state index in [9.17, 15) is 0 Å². The van der Waals surface area contributed by atoms with Gasteiger partial charge < -0.3 is 37.3 Å². The maximum Gasteiger partial charge on any atom is 5.00 e. The molecule has 0 fully saturated rings. The van der Waals surface area contributed by atoms with Crippen molar-refractivity contribution in [3.8, 4) is 0 Å². The molecule has 130 valence electrons. The van der Waals surface area contributed by atoms with Gasteiger partial charge in [-0.2, -0.15) is 42.3 Å². The van der Waals surface area contributed by atoms with Gasteiger partial charge in [0.05, 0.1) is 0 Å². The smallest absolute Gasteiger partial charge is 0.668 e. The van der Waals surface area contributed by atoms with Crippen LogP contribution < -0.4 is 0 Å². The van der Waals surface area contributed by atoms with Crippen LogP contribution in [-0.2, 0) is 22.4 Å². The molecule has 0 amide bonds. The molecule has 0 bridgehead atoms. The molecular formula is C13H33N8Ta. The molecule has 22 heavy (non-hydrogen) atoms. The SMILES string of the molecule is CC(C)N=C[N-]C(C)C.C[N-]C.C[N-]C.C[N-]C.[N-]=[N+]=[N-].[Ta+5]. The quantitative estimate of drug-likeness (QED) is 0.178. The van der Waals surface area contributed by atoms with Crippen LogP contribution in [-0.4, -0.2) is 60.7 Å². The molecule has 0 N–H and O–H groups in total. The number of hydrogen-bond donors (Lipinski definition) is 0. The molecule has 0 spiro atoms. The van der Waals surface area contributed by atoms with Gasteiger partial charge in [0.15, 0.2) is 0 Å². The van der Waals surface area contributed by atoms with Crippen LogP contribution >= 0.6 is 0 Å². The predicted octanol–water partition coefficient (Wildman–Crippen LogP) is 4.93. The fourth-order valence-electron chi connectivity index (χ4n) is 0.305. The van der Waals surface area contributed by atoms with Crippen molar-refractivity contribution in [2.75, 3.05) is 42.3 Å². The minimum atomic E-state index is 0. The summed E-state index contributed by atoms with van der Waals surface area (Å²) in [5.74, 6) is 0. The number of nitrogens with zero attached hydrogens (tertiary/aromatic N) is 8. The van der Waals surface area contributed by atoms with Crippen LogP contribution in [0.3, 0.4) is 0 Å².